The Morgan fingerprint density at radius 1 is 1.19 bits per heavy atom. The summed E-state index contributed by atoms with van der Waals surface area (Å²) in [6.07, 6.45) is 1.52. The number of aryl methyl sites for hydroxylation is 1. The van der Waals surface area contributed by atoms with E-state index in [1.165, 1.54) is 6.08 Å². The van der Waals surface area contributed by atoms with Crippen LogP contribution in [0.25, 0.3) is 6.08 Å². The molecule has 2 aromatic rings. The Hall–Kier alpha value is -2.78. The van der Waals surface area contributed by atoms with Crippen molar-refractivity contribution in [2.24, 2.45) is 0 Å². The monoisotopic (exact) mass is 428 g/mol. The number of amides is 1. The van der Waals surface area contributed by atoms with E-state index in [9.17, 15) is 10.1 Å². The molecule has 6 heteroatoms. The first-order valence-corrected chi connectivity index (χ1v) is 9.36. The molecule has 0 heterocycles. The number of nitrogens with one attached hydrogen (secondary N) is 1. The van der Waals surface area contributed by atoms with Crippen molar-refractivity contribution < 1.29 is 14.3 Å². The summed E-state index contributed by atoms with van der Waals surface area (Å²) in [5.41, 5.74) is 2.30. The Bertz CT molecular complexity index is 901. The minimum absolute atomic E-state index is 0.0104. The van der Waals surface area contributed by atoms with Gasteiger partial charge in [0.25, 0.3) is 5.91 Å². The molecule has 0 saturated carbocycles. The molecular formula is C21H21BrN2O3. The van der Waals surface area contributed by atoms with Gasteiger partial charge in [0.15, 0.2) is 11.5 Å². The maximum atomic E-state index is 12.5. The highest BCUT2D eigenvalue weighted by Gasteiger charge is 2.14. The topological polar surface area (TPSA) is 71.3 Å². The number of nitrogens with zero attached hydrogens (tertiary/aromatic N) is 1. The van der Waals surface area contributed by atoms with Crippen molar-refractivity contribution in [2.75, 3.05) is 18.5 Å². The summed E-state index contributed by atoms with van der Waals surface area (Å²) in [6.45, 7) is 6.68. The van der Waals surface area contributed by atoms with Gasteiger partial charge in [-0.2, -0.15) is 5.26 Å². The molecule has 0 atom stereocenters. The highest BCUT2D eigenvalue weighted by Crippen LogP contribution is 2.35. The van der Waals surface area contributed by atoms with E-state index in [-0.39, 0.29) is 5.57 Å². The van der Waals surface area contributed by atoms with Gasteiger partial charge in [-0.15, -0.1) is 0 Å². The first-order valence-electron chi connectivity index (χ1n) is 8.57. The maximum Gasteiger partial charge on any atom is 0.266 e. The first-order chi connectivity index (χ1) is 13.0. The number of nitriles is 1. The smallest absolute Gasteiger partial charge is 0.266 e. The van der Waals surface area contributed by atoms with Crippen molar-refractivity contribution in [1.82, 2.24) is 0 Å². The third kappa shape index (κ3) is 5.60. The molecule has 2 rings (SSSR count). The van der Waals surface area contributed by atoms with Gasteiger partial charge in [-0.25, -0.2) is 0 Å². The van der Waals surface area contributed by atoms with Crippen LogP contribution in [0.1, 0.15) is 25.0 Å². The maximum absolute atomic E-state index is 12.5. The lowest BCUT2D eigenvalue weighted by molar-refractivity contribution is -0.112. The third-order valence-corrected chi connectivity index (χ3v) is 4.29. The third-order valence-electron chi connectivity index (χ3n) is 3.60. The quantitative estimate of drug-likeness (QED) is 0.491. The number of hydrogen-bond acceptors (Lipinski definition) is 4. The average Bonchev–Trinajstić information content (AvgIpc) is 2.63. The second-order valence-corrected chi connectivity index (χ2v) is 6.53. The van der Waals surface area contributed by atoms with E-state index in [1.54, 1.807) is 18.2 Å². The minimum atomic E-state index is -0.471. The number of carbonyl (C=O) groups is 1. The molecule has 27 heavy (non-hydrogen) atoms. The summed E-state index contributed by atoms with van der Waals surface area (Å²) in [4.78, 5) is 12.5. The first kappa shape index (κ1) is 20.5. The van der Waals surface area contributed by atoms with Crippen LogP contribution in [0, 0.1) is 18.3 Å². The Kier molecular flexibility index (Phi) is 7.44. The van der Waals surface area contributed by atoms with Gasteiger partial charge >= 0.3 is 0 Å². The van der Waals surface area contributed by atoms with Crippen LogP contribution < -0.4 is 14.8 Å². The largest absolute Gasteiger partial charge is 0.490 e. The van der Waals surface area contributed by atoms with Gasteiger partial charge < -0.3 is 14.8 Å². The fourth-order valence-corrected chi connectivity index (χ4v) is 2.86. The van der Waals surface area contributed by atoms with Gasteiger partial charge in [-0.3, -0.25) is 4.79 Å². The second-order valence-electron chi connectivity index (χ2n) is 5.68. The molecule has 2 aromatic carbocycles. The molecule has 0 unspecified atom stereocenters. The zero-order valence-electron chi connectivity index (χ0n) is 15.5. The van der Waals surface area contributed by atoms with Crippen LogP contribution in [0.5, 0.6) is 11.5 Å². The summed E-state index contributed by atoms with van der Waals surface area (Å²) in [5, 5.41) is 12.2. The highest BCUT2D eigenvalue weighted by molar-refractivity contribution is 9.10. The Morgan fingerprint density at radius 2 is 1.85 bits per heavy atom. The van der Waals surface area contributed by atoms with E-state index < -0.39 is 5.91 Å². The van der Waals surface area contributed by atoms with Crippen molar-refractivity contribution in [3.05, 3.63) is 57.6 Å². The van der Waals surface area contributed by atoms with Gasteiger partial charge in [0.1, 0.15) is 11.6 Å². The lowest BCUT2D eigenvalue weighted by Crippen LogP contribution is -2.13. The van der Waals surface area contributed by atoms with Crippen LogP contribution in [0.4, 0.5) is 5.69 Å². The van der Waals surface area contributed by atoms with Gasteiger partial charge in [-0.1, -0.05) is 28.1 Å². The molecule has 0 aliphatic heterocycles. The second kappa shape index (κ2) is 9.79. The number of ether oxygens (including phenoxy) is 2. The summed E-state index contributed by atoms with van der Waals surface area (Å²) in [6, 6.07) is 12.9. The Balaban J connectivity index is 2.34. The predicted molar refractivity (Wildman–Crippen MR) is 110 cm³/mol. The van der Waals surface area contributed by atoms with E-state index in [4.69, 9.17) is 9.47 Å². The summed E-state index contributed by atoms with van der Waals surface area (Å²) >= 11 is 3.46. The van der Waals surface area contributed by atoms with Crippen LogP contribution >= 0.6 is 15.9 Å². The van der Waals surface area contributed by atoms with E-state index in [0.717, 1.165) is 5.56 Å². The number of halogens is 1. The molecule has 0 radical (unpaired) electrons. The van der Waals surface area contributed by atoms with Crippen molar-refractivity contribution in [1.29, 1.82) is 5.26 Å². The highest BCUT2D eigenvalue weighted by atomic mass is 79.9. The average molecular weight is 429 g/mol. The SMILES string of the molecule is CCOc1cc(Br)c(/C=C(/C#N)C(=O)Nc2cccc(C)c2)cc1OCC. The molecule has 140 valence electrons. The predicted octanol–water partition coefficient (Wildman–Crippen LogP) is 5.10. The van der Waals surface area contributed by atoms with Crippen molar-refractivity contribution >= 4 is 33.6 Å². The van der Waals surface area contributed by atoms with Crippen LogP contribution in [0.3, 0.4) is 0 Å². The lowest BCUT2D eigenvalue weighted by atomic mass is 10.1. The van der Waals surface area contributed by atoms with Gasteiger partial charge in [-0.05, 0) is 62.2 Å². The fraction of sp³-hybridized carbons (Fsp3) is 0.238. The normalized spacial score (nSPS) is 10.9. The van der Waals surface area contributed by atoms with Gasteiger partial charge in [0, 0.05) is 10.2 Å². The molecule has 0 fully saturated rings. The molecule has 0 bridgehead atoms. The molecule has 5 nitrogen and oxygen atoms in total. The van der Waals surface area contributed by atoms with Crippen molar-refractivity contribution in [2.45, 2.75) is 20.8 Å². The van der Waals surface area contributed by atoms with Crippen molar-refractivity contribution in [3.8, 4) is 17.6 Å². The van der Waals surface area contributed by atoms with E-state index >= 15 is 0 Å². The summed E-state index contributed by atoms with van der Waals surface area (Å²) in [7, 11) is 0. The molecule has 0 aromatic heterocycles. The number of carbonyl (C=O) groups excluding carboxylic acids is 1. The van der Waals surface area contributed by atoms with Crippen LogP contribution in [0.15, 0.2) is 46.4 Å². The van der Waals surface area contributed by atoms with Crippen LogP contribution in [0.2, 0.25) is 0 Å². The van der Waals surface area contributed by atoms with Crippen LogP contribution in [-0.2, 0) is 4.79 Å². The fourth-order valence-electron chi connectivity index (χ4n) is 2.42. The molecule has 1 N–H and O–H groups in total. The molecule has 0 spiro atoms. The number of anilines is 1. The minimum Gasteiger partial charge on any atom is -0.490 e. The lowest BCUT2D eigenvalue weighted by Gasteiger charge is -2.13. The van der Waals surface area contributed by atoms with E-state index in [2.05, 4.69) is 21.2 Å². The van der Waals surface area contributed by atoms with Crippen molar-refractivity contribution in [3.63, 3.8) is 0 Å². The van der Waals surface area contributed by atoms with E-state index in [0.29, 0.717) is 40.4 Å². The number of benzene rings is 2. The molecule has 0 aliphatic rings. The zero-order chi connectivity index (χ0) is 19.8. The number of rotatable bonds is 7. The van der Waals surface area contributed by atoms with E-state index in [1.807, 2.05) is 45.0 Å². The van der Waals surface area contributed by atoms with Crippen LogP contribution in [-0.4, -0.2) is 19.1 Å². The molecule has 1 amide bonds. The molecule has 0 saturated heterocycles. The Labute approximate surface area is 167 Å². The summed E-state index contributed by atoms with van der Waals surface area (Å²) < 4.78 is 11.9. The van der Waals surface area contributed by atoms with Gasteiger partial charge in [0.2, 0.25) is 0 Å². The summed E-state index contributed by atoms with van der Waals surface area (Å²) in [5.74, 6) is 0.693. The standard InChI is InChI=1S/C21H21BrN2O3/c1-4-26-19-11-15(18(22)12-20(19)27-5-2)10-16(13-23)21(25)24-17-8-6-7-14(3)9-17/h6-12H,4-5H2,1-3H3,(H,24,25)/b16-10-. The Morgan fingerprint density at radius 3 is 2.44 bits per heavy atom. The van der Waals surface area contributed by atoms with Gasteiger partial charge in [0.05, 0.1) is 13.2 Å². The number of hydrogen-bond donors (Lipinski definition) is 1. The molecular weight excluding hydrogens is 408 g/mol. The zero-order valence-corrected chi connectivity index (χ0v) is 17.1. The molecule has 0 aliphatic carbocycles.